The van der Waals surface area contributed by atoms with Gasteiger partial charge in [0.15, 0.2) is 0 Å². The molecule has 1 heterocycles. The van der Waals surface area contributed by atoms with E-state index < -0.39 is 0 Å². The predicted molar refractivity (Wildman–Crippen MR) is 63.9 cm³/mol. The first kappa shape index (κ1) is 10.7. The second-order valence-corrected chi connectivity index (χ2v) is 4.35. The summed E-state index contributed by atoms with van der Waals surface area (Å²) < 4.78 is 6.53. The van der Waals surface area contributed by atoms with Gasteiger partial charge in [0.25, 0.3) is 0 Å². The summed E-state index contributed by atoms with van der Waals surface area (Å²) >= 11 is 9.14. The van der Waals surface area contributed by atoms with Crippen molar-refractivity contribution in [2.75, 3.05) is 0 Å². The molecule has 0 N–H and O–H groups in total. The van der Waals surface area contributed by atoms with Crippen LogP contribution >= 0.6 is 27.5 Å². The standard InChI is InChI=1S/C11H9BrClNO/c1-7-10(6-13)14-11(15-7)8-3-2-4-9(12)5-8/h2-5H,6H2,1H3. The van der Waals surface area contributed by atoms with E-state index in [2.05, 4.69) is 20.9 Å². The molecule has 2 nitrogen and oxygen atoms in total. The van der Waals surface area contributed by atoms with E-state index >= 15 is 0 Å². The summed E-state index contributed by atoms with van der Waals surface area (Å²) in [5.41, 5.74) is 1.75. The number of nitrogens with zero attached hydrogens (tertiary/aromatic N) is 1. The van der Waals surface area contributed by atoms with E-state index in [4.69, 9.17) is 16.0 Å². The van der Waals surface area contributed by atoms with E-state index in [0.29, 0.717) is 11.8 Å². The van der Waals surface area contributed by atoms with Gasteiger partial charge in [0.05, 0.1) is 11.6 Å². The lowest BCUT2D eigenvalue weighted by Gasteiger charge is -1.95. The number of alkyl halides is 1. The minimum Gasteiger partial charge on any atom is -0.441 e. The lowest BCUT2D eigenvalue weighted by molar-refractivity contribution is 0.540. The highest BCUT2D eigenvalue weighted by molar-refractivity contribution is 9.10. The van der Waals surface area contributed by atoms with E-state index in [-0.39, 0.29) is 0 Å². The van der Waals surface area contributed by atoms with Crippen molar-refractivity contribution in [3.8, 4) is 11.5 Å². The molecule has 4 heteroatoms. The molecule has 0 spiro atoms. The molecule has 0 atom stereocenters. The summed E-state index contributed by atoms with van der Waals surface area (Å²) in [6.45, 7) is 1.87. The van der Waals surface area contributed by atoms with Crippen molar-refractivity contribution in [3.63, 3.8) is 0 Å². The Labute approximate surface area is 101 Å². The summed E-state index contributed by atoms with van der Waals surface area (Å²) in [7, 11) is 0. The average molecular weight is 287 g/mol. The van der Waals surface area contributed by atoms with Gasteiger partial charge in [-0.2, -0.15) is 0 Å². The van der Waals surface area contributed by atoms with Crippen LogP contribution in [-0.4, -0.2) is 4.98 Å². The smallest absolute Gasteiger partial charge is 0.226 e. The van der Waals surface area contributed by atoms with Gasteiger partial charge in [-0.1, -0.05) is 22.0 Å². The SMILES string of the molecule is Cc1oc(-c2cccc(Br)c2)nc1CCl. The van der Waals surface area contributed by atoms with E-state index in [1.807, 2.05) is 31.2 Å². The number of hydrogen-bond donors (Lipinski definition) is 0. The van der Waals surface area contributed by atoms with Gasteiger partial charge in [-0.3, -0.25) is 0 Å². The van der Waals surface area contributed by atoms with Gasteiger partial charge in [0.2, 0.25) is 5.89 Å². The molecule has 2 aromatic rings. The van der Waals surface area contributed by atoms with Gasteiger partial charge < -0.3 is 4.42 Å². The Balaban J connectivity index is 2.45. The number of rotatable bonds is 2. The Morgan fingerprint density at radius 2 is 2.27 bits per heavy atom. The van der Waals surface area contributed by atoms with Crippen molar-refractivity contribution in [1.29, 1.82) is 0 Å². The van der Waals surface area contributed by atoms with Crippen LogP contribution in [0.3, 0.4) is 0 Å². The number of halogens is 2. The first-order chi connectivity index (χ1) is 7.20. The second kappa shape index (κ2) is 4.37. The van der Waals surface area contributed by atoms with Gasteiger partial charge in [-0.15, -0.1) is 11.6 Å². The fourth-order valence-corrected chi connectivity index (χ4v) is 1.94. The van der Waals surface area contributed by atoms with Crippen LogP contribution in [0.5, 0.6) is 0 Å². The lowest BCUT2D eigenvalue weighted by Crippen LogP contribution is -1.81. The fourth-order valence-electron chi connectivity index (χ4n) is 1.30. The normalized spacial score (nSPS) is 10.6. The van der Waals surface area contributed by atoms with Crippen LogP contribution in [0.2, 0.25) is 0 Å². The molecule has 15 heavy (non-hydrogen) atoms. The maximum absolute atomic E-state index is 5.73. The highest BCUT2D eigenvalue weighted by Gasteiger charge is 2.10. The number of oxazole rings is 1. The molecule has 0 amide bonds. The molecule has 0 radical (unpaired) electrons. The topological polar surface area (TPSA) is 26.0 Å². The number of benzene rings is 1. The summed E-state index contributed by atoms with van der Waals surface area (Å²) in [5.74, 6) is 1.77. The highest BCUT2D eigenvalue weighted by atomic mass is 79.9. The molecule has 1 aromatic heterocycles. The van der Waals surface area contributed by atoms with Crippen molar-refractivity contribution < 1.29 is 4.42 Å². The fraction of sp³-hybridized carbons (Fsp3) is 0.182. The third kappa shape index (κ3) is 2.24. The van der Waals surface area contributed by atoms with Gasteiger partial charge in [0.1, 0.15) is 5.76 Å². The van der Waals surface area contributed by atoms with Gasteiger partial charge in [0, 0.05) is 10.0 Å². The highest BCUT2D eigenvalue weighted by Crippen LogP contribution is 2.24. The molecule has 0 aliphatic carbocycles. The van der Waals surface area contributed by atoms with Crippen molar-refractivity contribution in [2.24, 2.45) is 0 Å². The van der Waals surface area contributed by atoms with E-state index in [0.717, 1.165) is 21.5 Å². The molecule has 0 saturated carbocycles. The van der Waals surface area contributed by atoms with Crippen molar-refractivity contribution in [2.45, 2.75) is 12.8 Å². The minimum atomic E-state index is 0.378. The molecule has 0 unspecified atom stereocenters. The average Bonchev–Trinajstić information content (AvgIpc) is 2.60. The van der Waals surface area contributed by atoms with E-state index in [1.165, 1.54) is 0 Å². The van der Waals surface area contributed by atoms with E-state index in [1.54, 1.807) is 0 Å². The quantitative estimate of drug-likeness (QED) is 0.775. The molecule has 1 aromatic carbocycles. The van der Waals surface area contributed by atoms with Crippen LogP contribution in [0.4, 0.5) is 0 Å². The summed E-state index contributed by atoms with van der Waals surface area (Å²) in [5, 5.41) is 0. The molecule has 0 aliphatic rings. The first-order valence-corrected chi connectivity index (χ1v) is 5.81. The number of aryl methyl sites for hydroxylation is 1. The van der Waals surface area contributed by atoms with Crippen LogP contribution in [0.1, 0.15) is 11.5 Å². The maximum atomic E-state index is 5.73. The predicted octanol–water partition coefficient (Wildman–Crippen LogP) is 4.15. The number of aromatic nitrogens is 1. The molecule has 0 saturated heterocycles. The van der Waals surface area contributed by atoms with E-state index in [9.17, 15) is 0 Å². The molecule has 0 aliphatic heterocycles. The third-order valence-corrected chi connectivity index (χ3v) is 2.84. The Morgan fingerprint density at radius 3 is 2.87 bits per heavy atom. The Hall–Kier alpha value is -0.800. The largest absolute Gasteiger partial charge is 0.441 e. The van der Waals surface area contributed by atoms with Crippen LogP contribution in [0.15, 0.2) is 33.2 Å². The molecule has 0 bridgehead atoms. The van der Waals surface area contributed by atoms with Crippen molar-refractivity contribution in [1.82, 2.24) is 4.98 Å². The maximum Gasteiger partial charge on any atom is 0.226 e. The lowest BCUT2D eigenvalue weighted by atomic mass is 10.2. The summed E-state index contributed by atoms with van der Waals surface area (Å²) in [6.07, 6.45) is 0. The molecule has 78 valence electrons. The third-order valence-electron chi connectivity index (χ3n) is 2.09. The zero-order valence-corrected chi connectivity index (χ0v) is 10.5. The van der Waals surface area contributed by atoms with Gasteiger partial charge in [-0.05, 0) is 25.1 Å². The van der Waals surface area contributed by atoms with Gasteiger partial charge in [-0.25, -0.2) is 4.98 Å². The summed E-state index contributed by atoms with van der Waals surface area (Å²) in [4.78, 5) is 4.32. The zero-order valence-electron chi connectivity index (χ0n) is 8.13. The van der Waals surface area contributed by atoms with Crippen LogP contribution in [0, 0.1) is 6.92 Å². The Bertz CT molecular complexity index is 481. The second-order valence-electron chi connectivity index (χ2n) is 3.17. The minimum absolute atomic E-state index is 0.378. The molecule has 2 rings (SSSR count). The van der Waals surface area contributed by atoms with Crippen LogP contribution in [0.25, 0.3) is 11.5 Å². The zero-order chi connectivity index (χ0) is 10.8. The first-order valence-electron chi connectivity index (χ1n) is 4.49. The number of hydrogen-bond acceptors (Lipinski definition) is 2. The molecular weight excluding hydrogens is 277 g/mol. The van der Waals surface area contributed by atoms with Crippen molar-refractivity contribution >= 4 is 27.5 Å². The summed E-state index contributed by atoms with van der Waals surface area (Å²) in [6, 6.07) is 7.82. The monoisotopic (exact) mass is 285 g/mol. The molecular formula is C11H9BrClNO. The molecule has 0 fully saturated rings. The van der Waals surface area contributed by atoms with Crippen LogP contribution < -0.4 is 0 Å². The van der Waals surface area contributed by atoms with Crippen molar-refractivity contribution in [3.05, 3.63) is 40.2 Å². The van der Waals surface area contributed by atoms with Crippen LogP contribution in [-0.2, 0) is 5.88 Å². The van der Waals surface area contributed by atoms with Gasteiger partial charge >= 0.3 is 0 Å². The Morgan fingerprint density at radius 1 is 1.47 bits per heavy atom. The Kier molecular flexibility index (Phi) is 3.12.